The highest BCUT2D eigenvalue weighted by Crippen LogP contribution is 2.41. The molecular weight excluding hydrogens is 701 g/mol. The fourth-order valence-corrected chi connectivity index (χ4v) is 8.81. The van der Waals surface area contributed by atoms with Crippen LogP contribution in [-0.2, 0) is 0 Å². The van der Waals surface area contributed by atoms with Crippen molar-refractivity contribution in [2.75, 3.05) is 4.90 Å². The Bertz CT molecular complexity index is 3260. The van der Waals surface area contributed by atoms with Gasteiger partial charge >= 0.3 is 0 Å². The van der Waals surface area contributed by atoms with Gasteiger partial charge in [-0.1, -0.05) is 170 Å². The van der Waals surface area contributed by atoms with E-state index in [0.717, 1.165) is 22.7 Å². The summed E-state index contributed by atoms with van der Waals surface area (Å²) in [5.74, 6) is 0. The van der Waals surface area contributed by atoms with E-state index in [2.05, 4.69) is 240 Å². The summed E-state index contributed by atoms with van der Waals surface area (Å²) >= 11 is 0. The lowest BCUT2D eigenvalue weighted by atomic mass is 9.95. The summed E-state index contributed by atoms with van der Waals surface area (Å²) in [5, 5.41) is 7.50. The van der Waals surface area contributed by atoms with Gasteiger partial charge in [0, 0.05) is 33.5 Å². The summed E-state index contributed by atoms with van der Waals surface area (Å²) in [6.07, 6.45) is 0. The summed E-state index contributed by atoms with van der Waals surface area (Å²) in [5.41, 5.74) is 14.1. The van der Waals surface area contributed by atoms with E-state index in [1.807, 2.05) is 0 Å². The number of hydrogen-bond donors (Lipinski definition) is 0. The third-order valence-electron chi connectivity index (χ3n) is 11.6. The van der Waals surface area contributed by atoms with Crippen molar-refractivity contribution in [1.29, 1.82) is 0 Å². The Morgan fingerprint density at radius 1 is 0.276 bits per heavy atom. The van der Waals surface area contributed by atoms with Gasteiger partial charge in [0.25, 0.3) is 0 Å². The van der Waals surface area contributed by atoms with Gasteiger partial charge in [-0.2, -0.15) is 0 Å². The Morgan fingerprint density at radius 2 is 0.776 bits per heavy atom. The first kappa shape index (κ1) is 33.6. The molecule has 11 rings (SSSR count). The van der Waals surface area contributed by atoms with Gasteiger partial charge in [-0.3, -0.25) is 0 Å². The topological polar surface area (TPSA) is 8.17 Å². The molecule has 10 aromatic carbocycles. The average Bonchev–Trinajstić information content (AvgIpc) is 3.63. The maximum atomic E-state index is 2.39. The second-order valence-corrected chi connectivity index (χ2v) is 15.0. The number of aromatic nitrogens is 1. The summed E-state index contributed by atoms with van der Waals surface area (Å²) in [7, 11) is 0. The molecule has 0 radical (unpaired) electrons. The van der Waals surface area contributed by atoms with Gasteiger partial charge in [-0.25, -0.2) is 0 Å². The molecule has 2 nitrogen and oxygen atoms in total. The molecule has 1 heterocycles. The summed E-state index contributed by atoms with van der Waals surface area (Å²) < 4.78 is 2.39. The van der Waals surface area contributed by atoms with E-state index in [4.69, 9.17) is 0 Å². The van der Waals surface area contributed by atoms with Crippen LogP contribution in [0.4, 0.5) is 17.1 Å². The van der Waals surface area contributed by atoms with Gasteiger partial charge in [0.2, 0.25) is 0 Å². The normalized spacial score (nSPS) is 11.4. The van der Waals surface area contributed by atoms with Crippen LogP contribution in [0.25, 0.3) is 82.4 Å². The van der Waals surface area contributed by atoms with Crippen molar-refractivity contribution in [3.05, 3.63) is 231 Å². The highest BCUT2D eigenvalue weighted by molar-refractivity contribution is 6.10. The Morgan fingerprint density at radius 3 is 1.47 bits per heavy atom. The second-order valence-electron chi connectivity index (χ2n) is 15.0. The van der Waals surface area contributed by atoms with E-state index in [9.17, 15) is 0 Å². The van der Waals surface area contributed by atoms with E-state index in [1.54, 1.807) is 0 Å². The SMILES string of the molecule is c1ccc(-n2c3ccccc3c3ccc(N(c4ccc(-c5cccc(-c6cccc7ccccc67)c5)cc4)c4ccc(-c5cccc6ccccc56)cc4)cc32)cc1. The van der Waals surface area contributed by atoms with Crippen molar-refractivity contribution in [3.63, 3.8) is 0 Å². The number of para-hydroxylation sites is 2. The lowest BCUT2D eigenvalue weighted by Gasteiger charge is -2.26. The Balaban J connectivity index is 1.04. The van der Waals surface area contributed by atoms with Gasteiger partial charge in [0.15, 0.2) is 0 Å². The molecule has 0 saturated heterocycles. The molecule has 0 aliphatic heterocycles. The summed E-state index contributed by atoms with van der Waals surface area (Å²) in [6, 6.07) is 83.7. The summed E-state index contributed by atoms with van der Waals surface area (Å²) in [6.45, 7) is 0. The van der Waals surface area contributed by atoms with Crippen molar-refractivity contribution in [1.82, 2.24) is 4.57 Å². The number of anilines is 3. The maximum Gasteiger partial charge on any atom is 0.0561 e. The molecule has 11 aromatic rings. The fourth-order valence-electron chi connectivity index (χ4n) is 8.81. The van der Waals surface area contributed by atoms with Gasteiger partial charge in [-0.15, -0.1) is 0 Å². The number of fused-ring (bicyclic) bond motifs is 5. The van der Waals surface area contributed by atoms with Crippen molar-refractivity contribution in [2.45, 2.75) is 0 Å². The predicted octanol–water partition coefficient (Wildman–Crippen LogP) is 15.6. The zero-order valence-corrected chi connectivity index (χ0v) is 31.8. The van der Waals surface area contributed by atoms with Crippen LogP contribution in [0.15, 0.2) is 231 Å². The first-order valence-electron chi connectivity index (χ1n) is 19.9. The number of nitrogens with zero attached hydrogens (tertiary/aromatic N) is 2. The van der Waals surface area contributed by atoms with Crippen LogP contribution in [0.3, 0.4) is 0 Å². The number of hydrogen-bond acceptors (Lipinski definition) is 1. The molecule has 1 aromatic heterocycles. The molecule has 0 fully saturated rings. The lowest BCUT2D eigenvalue weighted by Crippen LogP contribution is -2.10. The van der Waals surface area contributed by atoms with E-state index < -0.39 is 0 Å². The molecule has 2 heteroatoms. The van der Waals surface area contributed by atoms with E-state index >= 15 is 0 Å². The lowest BCUT2D eigenvalue weighted by molar-refractivity contribution is 1.18. The van der Waals surface area contributed by atoms with Gasteiger partial charge < -0.3 is 9.47 Å². The second kappa shape index (κ2) is 14.1. The van der Waals surface area contributed by atoms with Crippen molar-refractivity contribution >= 4 is 60.4 Å². The third kappa shape index (κ3) is 5.82. The monoisotopic (exact) mass is 738 g/mol. The van der Waals surface area contributed by atoms with Crippen LogP contribution < -0.4 is 4.90 Å². The average molecular weight is 739 g/mol. The first-order chi connectivity index (χ1) is 28.8. The molecule has 0 saturated carbocycles. The highest BCUT2D eigenvalue weighted by Gasteiger charge is 2.18. The Labute approximate surface area is 338 Å². The molecule has 272 valence electrons. The first-order valence-corrected chi connectivity index (χ1v) is 19.9. The van der Waals surface area contributed by atoms with Crippen LogP contribution in [0, 0.1) is 0 Å². The Kier molecular flexibility index (Phi) is 8.19. The predicted molar refractivity (Wildman–Crippen MR) is 247 cm³/mol. The third-order valence-corrected chi connectivity index (χ3v) is 11.6. The van der Waals surface area contributed by atoms with E-state index in [0.29, 0.717) is 0 Å². The molecular formula is C56H38N2. The molecule has 0 unspecified atom stereocenters. The molecule has 0 N–H and O–H groups in total. The molecule has 0 spiro atoms. The van der Waals surface area contributed by atoms with Crippen LogP contribution in [0.1, 0.15) is 0 Å². The smallest absolute Gasteiger partial charge is 0.0561 e. The van der Waals surface area contributed by atoms with Crippen LogP contribution in [0.2, 0.25) is 0 Å². The van der Waals surface area contributed by atoms with E-state index in [1.165, 1.54) is 76.7 Å². The Hall–Kier alpha value is -7.68. The molecule has 0 amide bonds. The minimum atomic E-state index is 1.09. The quantitative estimate of drug-likeness (QED) is 0.158. The molecule has 58 heavy (non-hydrogen) atoms. The zero-order valence-electron chi connectivity index (χ0n) is 31.8. The van der Waals surface area contributed by atoms with Crippen molar-refractivity contribution in [2.24, 2.45) is 0 Å². The van der Waals surface area contributed by atoms with Crippen molar-refractivity contribution < 1.29 is 0 Å². The minimum absolute atomic E-state index is 1.09. The van der Waals surface area contributed by atoms with Crippen LogP contribution >= 0.6 is 0 Å². The zero-order chi connectivity index (χ0) is 38.4. The standard InChI is InChI=1S/C56H38N2/c1-2-19-45(20-3-1)58-55-26-9-8-23-53(55)54-36-35-48(38-56(54)58)57(47-33-29-42(30-34-47)51-24-11-15-40-13-4-6-21-49(40)51)46-31-27-39(28-32-46)43-17-10-18-44(37-43)52-25-12-16-41-14-5-7-22-50(41)52/h1-38H. The fraction of sp³-hybridized carbons (Fsp3) is 0. The maximum absolute atomic E-state index is 2.39. The largest absolute Gasteiger partial charge is 0.310 e. The number of benzene rings is 10. The van der Waals surface area contributed by atoms with E-state index in [-0.39, 0.29) is 0 Å². The molecule has 0 aliphatic carbocycles. The van der Waals surface area contributed by atoms with Gasteiger partial charge in [0.1, 0.15) is 0 Å². The van der Waals surface area contributed by atoms with Crippen molar-refractivity contribution in [3.8, 4) is 39.1 Å². The van der Waals surface area contributed by atoms with Crippen LogP contribution in [-0.4, -0.2) is 4.57 Å². The van der Waals surface area contributed by atoms with Gasteiger partial charge in [0.05, 0.1) is 11.0 Å². The highest BCUT2D eigenvalue weighted by atomic mass is 15.1. The molecule has 0 aliphatic rings. The van der Waals surface area contributed by atoms with Gasteiger partial charge in [-0.05, 0) is 116 Å². The summed E-state index contributed by atoms with van der Waals surface area (Å²) in [4.78, 5) is 2.38. The van der Waals surface area contributed by atoms with Crippen LogP contribution in [0.5, 0.6) is 0 Å². The minimum Gasteiger partial charge on any atom is -0.310 e. The molecule has 0 bridgehead atoms. The number of rotatable bonds is 7. The molecule has 0 atom stereocenters.